The maximum atomic E-state index is 11.9. The molecule has 2 aliphatic carbocycles. The molecule has 30 heavy (non-hydrogen) atoms. The summed E-state index contributed by atoms with van der Waals surface area (Å²) in [4.78, 5) is 22.9. The van der Waals surface area contributed by atoms with E-state index < -0.39 is 5.91 Å². The molecule has 4 N–H and O–H groups in total. The van der Waals surface area contributed by atoms with E-state index in [1.54, 1.807) is 7.11 Å². The Morgan fingerprint density at radius 1 is 1.10 bits per heavy atom. The zero-order chi connectivity index (χ0) is 21.7. The number of ether oxygens (including phenoxy) is 1. The Balaban J connectivity index is 1.63. The molecule has 0 atom stereocenters. The Morgan fingerprint density at radius 3 is 2.27 bits per heavy atom. The van der Waals surface area contributed by atoms with Gasteiger partial charge in [-0.25, -0.2) is 4.98 Å². The molecule has 2 fully saturated rings. The molecule has 0 radical (unpaired) electrons. The van der Waals surface area contributed by atoms with Crippen molar-refractivity contribution >= 4 is 17.7 Å². The van der Waals surface area contributed by atoms with E-state index in [0.717, 1.165) is 51.4 Å². The lowest BCUT2D eigenvalue weighted by atomic mass is 9.84. The zero-order valence-electron chi connectivity index (χ0n) is 18.5. The minimum absolute atomic E-state index is 0.259. The van der Waals surface area contributed by atoms with Crippen molar-refractivity contribution in [1.82, 2.24) is 14.9 Å². The summed E-state index contributed by atoms with van der Waals surface area (Å²) in [7, 11) is 5.86. The van der Waals surface area contributed by atoms with Crippen LogP contribution in [0.15, 0.2) is 18.5 Å². The third-order valence-corrected chi connectivity index (χ3v) is 6.51. The van der Waals surface area contributed by atoms with Gasteiger partial charge in [0, 0.05) is 45.2 Å². The molecule has 3 rings (SSSR count). The summed E-state index contributed by atoms with van der Waals surface area (Å²) in [5.41, 5.74) is 7.09. The van der Waals surface area contributed by atoms with Crippen LogP contribution in [0.1, 0.15) is 61.7 Å². The summed E-state index contributed by atoms with van der Waals surface area (Å²) in [6.07, 6.45) is 10.1. The fourth-order valence-electron chi connectivity index (χ4n) is 4.50. The van der Waals surface area contributed by atoms with E-state index in [9.17, 15) is 4.79 Å². The molecule has 1 amide bonds. The molecule has 0 unspecified atom stereocenters. The molecule has 1 aromatic rings. The molecule has 8 heteroatoms. The van der Waals surface area contributed by atoms with Crippen LogP contribution in [0, 0.1) is 5.92 Å². The molecule has 166 valence electrons. The van der Waals surface area contributed by atoms with E-state index in [4.69, 9.17) is 10.5 Å². The molecule has 0 aliphatic heterocycles. The largest absolute Gasteiger partial charge is 0.381 e. The Morgan fingerprint density at radius 2 is 1.70 bits per heavy atom. The molecule has 2 aliphatic rings. The van der Waals surface area contributed by atoms with E-state index in [-0.39, 0.29) is 6.04 Å². The van der Waals surface area contributed by atoms with Crippen LogP contribution >= 0.6 is 0 Å². The van der Waals surface area contributed by atoms with Gasteiger partial charge in [-0.2, -0.15) is 4.98 Å². The number of carbonyl (C=O) groups excluding carboxylic acids is 1. The predicted molar refractivity (Wildman–Crippen MR) is 119 cm³/mol. The number of methoxy groups -OCH3 is 1. The van der Waals surface area contributed by atoms with Crippen molar-refractivity contribution in [2.75, 3.05) is 31.8 Å². The normalized spacial score (nSPS) is 26.6. The number of carbonyl (C=O) groups is 1. The first-order valence-electron chi connectivity index (χ1n) is 11.0. The number of amides is 1. The monoisotopic (exact) mass is 416 g/mol. The molecule has 0 bridgehead atoms. The van der Waals surface area contributed by atoms with Crippen molar-refractivity contribution in [2.45, 2.75) is 69.6 Å². The summed E-state index contributed by atoms with van der Waals surface area (Å²) in [6, 6.07) is 0.574. The highest BCUT2D eigenvalue weighted by Crippen LogP contribution is 2.32. The number of allylic oxidation sites excluding steroid dienone is 1. The van der Waals surface area contributed by atoms with Crippen LogP contribution in [0.25, 0.3) is 0 Å². The van der Waals surface area contributed by atoms with Gasteiger partial charge in [-0.15, -0.1) is 0 Å². The molecule has 1 heterocycles. The number of hydrogen-bond donors (Lipinski definition) is 3. The van der Waals surface area contributed by atoms with Gasteiger partial charge in [-0.05, 0) is 57.3 Å². The highest BCUT2D eigenvalue weighted by Gasteiger charge is 2.26. The Labute approximate surface area is 179 Å². The van der Waals surface area contributed by atoms with Gasteiger partial charge in [0.25, 0.3) is 5.91 Å². The van der Waals surface area contributed by atoms with Crippen LogP contribution in [0.5, 0.6) is 0 Å². The minimum atomic E-state index is -0.515. The zero-order valence-corrected chi connectivity index (χ0v) is 18.5. The number of hydrogen-bond acceptors (Lipinski definition) is 7. The smallest absolute Gasteiger partial charge is 0.254 e. The number of aromatic nitrogens is 2. The number of nitrogens with one attached hydrogen (secondary N) is 2. The lowest BCUT2D eigenvalue weighted by molar-refractivity contribution is 0.0681. The van der Waals surface area contributed by atoms with Gasteiger partial charge in [0.05, 0.1) is 11.7 Å². The number of anilines is 2. The minimum Gasteiger partial charge on any atom is -0.381 e. The summed E-state index contributed by atoms with van der Waals surface area (Å²) in [5.74, 6) is 1.07. The summed E-state index contributed by atoms with van der Waals surface area (Å²) in [6.45, 7) is 4.21. The van der Waals surface area contributed by atoms with Gasteiger partial charge in [-0.3, -0.25) is 4.79 Å². The second kappa shape index (κ2) is 10.1. The van der Waals surface area contributed by atoms with Crippen LogP contribution in [0.3, 0.4) is 0 Å². The summed E-state index contributed by atoms with van der Waals surface area (Å²) in [5, 5.41) is 6.87. The van der Waals surface area contributed by atoms with Crippen molar-refractivity contribution in [3.63, 3.8) is 0 Å². The van der Waals surface area contributed by atoms with Gasteiger partial charge in [-0.1, -0.05) is 6.58 Å². The number of rotatable bonds is 8. The topological polar surface area (TPSA) is 105 Å². The van der Waals surface area contributed by atoms with Crippen molar-refractivity contribution in [3.8, 4) is 0 Å². The molecule has 1 aromatic heterocycles. The highest BCUT2D eigenvalue weighted by atomic mass is 16.5. The molecule has 8 nitrogen and oxygen atoms in total. The van der Waals surface area contributed by atoms with E-state index in [2.05, 4.69) is 32.1 Å². The van der Waals surface area contributed by atoms with Gasteiger partial charge in [0.1, 0.15) is 5.82 Å². The van der Waals surface area contributed by atoms with E-state index in [1.807, 2.05) is 14.1 Å². The lowest BCUT2D eigenvalue weighted by Gasteiger charge is -2.33. The van der Waals surface area contributed by atoms with Gasteiger partial charge in [0.15, 0.2) is 0 Å². The van der Waals surface area contributed by atoms with E-state index in [0.29, 0.717) is 35.4 Å². The third kappa shape index (κ3) is 5.62. The Kier molecular flexibility index (Phi) is 7.53. The second-order valence-corrected chi connectivity index (χ2v) is 8.75. The van der Waals surface area contributed by atoms with Crippen LogP contribution in [0.4, 0.5) is 11.8 Å². The summed E-state index contributed by atoms with van der Waals surface area (Å²) < 4.78 is 5.44. The van der Waals surface area contributed by atoms with Crippen LogP contribution in [-0.2, 0) is 4.74 Å². The molecule has 0 aromatic carbocycles. The third-order valence-electron chi connectivity index (χ3n) is 6.51. The molecular weight excluding hydrogens is 380 g/mol. The summed E-state index contributed by atoms with van der Waals surface area (Å²) >= 11 is 0. The van der Waals surface area contributed by atoms with E-state index in [1.165, 1.54) is 11.9 Å². The maximum Gasteiger partial charge on any atom is 0.254 e. The van der Waals surface area contributed by atoms with Gasteiger partial charge >= 0.3 is 0 Å². The molecule has 0 spiro atoms. The van der Waals surface area contributed by atoms with Crippen molar-refractivity contribution in [2.24, 2.45) is 11.7 Å². The Hall–Kier alpha value is -2.35. The Bertz CT molecular complexity index is 737. The van der Waals surface area contributed by atoms with Crippen molar-refractivity contribution in [3.05, 3.63) is 24.0 Å². The average Bonchev–Trinajstić information content (AvgIpc) is 2.74. The first kappa shape index (κ1) is 22.3. The quantitative estimate of drug-likeness (QED) is 0.598. The van der Waals surface area contributed by atoms with Crippen molar-refractivity contribution in [1.29, 1.82) is 0 Å². The second-order valence-electron chi connectivity index (χ2n) is 8.75. The van der Waals surface area contributed by atoms with E-state index >= 15 is 0 Å². The predicted octanol–water partition coefficient (Wildman–Crippen LogP) is 2.99. The SMILES string of the molecule is C=C([C@H]1CC[C@@H](Nc2nc(NC3CCC(OC)CC3)ncc2C(N)=O)CC1)N(C)C. The lowest BCUT2D eigenvalue weighted by Crippen LogP contribution is -2.32. The molecule has 2 saturated carbocycles. The standard InChI is InChI=1S/C22H36N6O2/c1-14(28(2)3)15-5-7-16(8-6-15)25-21-19(20(23)29)13-24-22(27-21)26-17-9-11-18(30-4)12-10-17/h13,15-18H,1,5-12H2,2-4H3,(H2,23,29)(H2,24,25,26,27)/t15-,16+,17?,18?. The van der Waals surface area contributed by atoms with Gasteiger partial charge in [0.2, 0.25) is 5.95 Å². The van der Waals surface area contributed by atoms with Crippen LogP contribution in [0.2, 0.25) is 0 Å². The number of primary amides is 1. The van der Waals surface area contributed by atoms with Crippen LogP contribution < -0.4 is 16.4 Å². The van der Waals surface area contributed by atoms with Gasteiger partial charge < -0.3 is 26.0 Å². The fourth-order valence-corrected chi connectivity index (χ4v) is 4.50. The first-order valence-corrected chi connectivity index (χ1v) is 11.0. The first-order chi connectivity index (χ1) is 14.4. The van der Waals surface area contributed by atoms with Crippen LogP contribution in [-0.4, -0.2) is 60.2 Å². The molecular formula is C22H36N6O2. The van der Waals surface area contributed by atoms with Crippen molar-refractivity contribution < 1.29 is 9.53 Å². The number of nitrogens with two attached hydrogens (primary N) is 1. The fraction of sp³-hybridized carbons (Fsp3) is 0.682. The maximum absolute atomic E-state index is 11.9. The number of nitrogens with zero attached hydrogens (tertiary/aromatic N) is 3. The molecule has 0 saturated heterocycles. The average molecular weight is 417 g/mol. The highest BCUT2D eigenvalue weighted by molar-refractivity contribution is 5.97.